The Morgan fingerprint density at radius 3 is 2.36 bits per heavy atom. The predicted molar refractivity (Wildman–Crippen MR) is 79.6 cm³/mol. The molecular formula is C15H16N2O4S. The number of sulfonamides is 1. The number of benzene rings is 1. The highest BCUT2D eigenvalue weighted by Gasteiger charge is 2.51. The molecule has 1 saturated carbocycles. The Kier molecular flexibility index (Phi) is 2.93. The highest BCUT2D eigenvalue weighted by Crippen LogP contribution is 2.52. The van der Waals surface area contributed by atoms with Crippen molar-refractivity contribution >= 4 is 15.7 Å². The topological polar surface area (TPSA) is 80.5 Å². The van der Waals surface area contributed by atoms with Crippen molar-refractivity contribution in [2.45, 2.75) is 11.3 Å². The Labute approximate surface area is 128 Å². The lowest BCUT2D eigenvalue weighted by molar-refractivity contribution is -0.385. The molecule has 0 aromatic heterocycles. The van der Waals surface area contributed by atoms with Crippen LogP contribution in [0.5, 0.6) is 0 Å². The van der Waals surface area contributed by atoms with Gasteiger partial charge in [0.15, 0.2) is 0 Å². The molecule has 1 heterocycles. The first-order valence-corrected chi connectivity index (χ1v) is 8.84. The number of non-ortho nitro benzene ring substituents is 1. The van der Waals surface area contributed by atoms with Crippen molar-refractivity contribution in [2.24, 2.45) is 23.7 Å². The largest absolute Gasteiger partial charge is 0.270 e. The van der Waals surface area contributed by atoms with Crippen molar-refractivity contribution < 1.29 is 13.3 Å². The molecule has 4 unspecified atom stereocenters. The Morgan fingerprint density at radius 2 is 1.77 bits per heavy atom. The van der Waals surface area contributed by atoms with Gasteiger partial charge in [0.05, 0.1) is 9.82 Å². The summed E-state index contributed by atoms with van der Waals surface area (Å²) in [4.78, 5) is 10.3. The number of rotatable bonds is 3. The zero-order valence-corrected chi connectivity index (χ0v) is 12.6. The van der Waals surface area contributed by atoms with Crippen molar-refractivity contribution in [1.29, 1.82) is 0 Å². The van der Waals surface area contributed by atoms with Gasteiger partial charge in [-0.15, -0.1) is 0 Å². The van der Waals surface area contributed by atoms with Crippen molar-refractivity contribution in [2.75, 3.05) is 13.1 Å². The molecule has 0 spiro atoms. The molecule has 1 aromatic carbocycles. The van der Waals surface area contributed by atoms with E-state index in [4.69, 9.17) is 0 Å². The van der Waals surface area contributed by atoms with E-state index in [0.29, 0.717) is 36.8 Å². The number of hydrogen-bond donors (Lipinski definition) is 0. The Balaban J connectivity index is 1.63. The molecular weight excluding hydrogens is 304 g/mol. The van der Waals surface area contributed by atoms with E-state index in [2.05, 4.69) is 12.2 Å². The minimum absolute atomic E-state index is 0.0157. The molecule has 7 heteroatoms. The average molecular weight is 320 g/mol. The minimum atomic E-state index is -3.65. The highest BCUT2D eigenvalue weighted by molar-refractivity contribution is 7.89. The number of hydrogen-bond acceptors (Lipinski definition) is 4. The second-order valence-corrected chi connectivity index (χ2v) is 8.29. The molecule has 22 heavy (non-hydrogen) atoms. The lowest BCUT2D eigenvalue weighted by Crippen LogP contribution is -2.30. The third-order valence-electron chi connectivity index (χ3n) is 5.29. The maximum Gasteiger partial charge on any atom is 0.270 e. The number of allylic oxidation sites excluding steroid dienone is 2. The first kappa shape index (κ1) is 13.9. The van der Waals surface area contributed by atoms with Crippen molar-refractivity contribution in [3.63, 3.8) is 0 Å². The van der Waals surface area contributed by atoms with Crippen LogP contribution in [0.4, 0.5) is 5.69 Å². The highest BCUT2D eigenvalue weighted by atomic mass is 32.2. The van der Waals surface area contributed by atoms with E-state index < -0.39 is 14.9 Å². The smallest absolute Gasteiger partial charge is 0.258 e. The van der Waals surface area contributed by atoms with Crippen LogP contribution < -0.4 is 0 Å². The van der Waals surface area contributed by atoms with Crippen molar-refractivity contribution in [3.8, 4) is 0 Å². The molecule has 0 amide bonds. The van der Waals surface area contributed by atoms with Crippen LogP contribution in [0.15, 0.2) is 41.3 Å². The van der Waals surface area contributed by atoms with E-state index in [9.17, 15) is 18.5 Å². The Hall–Kier alpha value is -1.73. The normalized spacial score (nSPS) is 33.3. The lowest BCUT2D eigenvalue weighted by Gasteiger charge is -2.18. The number of nitrogens with zero attached hydrogens (tertiary/aromatic N) is 2. The van der Waals surface area contributed by atoms with Gasteiger partial charge in [-0.1, -0.05) is 18.2 Å². The standard InChI is InChI=1S/C15H16N2O4S/c18-17(19)12-2-1-3-13(7-12)22(20,21)16-8-14-10-4-5-11(6-10)15(14)9-16/h1-5,7,10-11,14-15H,6,8-9H2. The Bertz CT molecular complexity index is 754. The molecule has 4 rings (SSSR count). The molecule has 0 radical (unpaired) electrons. The number of fused-ring (bicyclic) bond motifs is 5. The third kappa shape index (κ3) is 1.92. The summed E-state index contributed by atoms with van der Waals surface area (Å²) in [6.45, 7) is 1.06. The van der Waals surface area contributed by atoms with E-state index >= 15 is 0 Å². The van der Waals surface area contributed by atoms with Crippen LogP contribution >= 0.6 is 0 Å². The first-order valence-electron chi connectivity index (χ1n) is 7.40. The summed E-state index contributed by atoms with van der Waals surface area (Å²) in [6, 6.07) is 5.31. The fraction of sp³-hybridized carbons (Fsp3) is 0.467. The summed E-state index contributed by atoms with van der Waals surface area (Å²) in [5.41, 5.74) is -0.192. The summed E-state index contributed by atoms with van der Waals surface area (Å²) in [6.07, 6.45) is 5.59. The molecule has 2 bridgehead atoms. The van der Waals surface area contributed by atoms with Gasteiger partial charge in [0.1, 0.15) is 0 Å². The van der Waals surface area contributed by atoms with Crippen LogP contribution in [0.1, 0.15) is 6.42 Å². The van der Waals surface area contributed by atoms with Crippen LogP contribution in [0.3, 0.4) is 0 Å². The summed E-state index contributed by atoms with van der Waals surface area (Å²) < 4.78 is 27.0. The van der Waals surface area contributed by atoms with Crippen LogP contribution in [0, 0.1) is 33.8 Å². The number of nitro benzene ring substituents is 1. The second-order valence-electron chi connectivity index (χ2n) is 6.35. The van der Waals surface area contributed by atoms with Crippen LogP contribution in [0.25, 0.3) is 0 Å². The van der Waals surface area contributed by atoms with Crippen LogP contribution in [-0.4, -0.2) is 30.7 Å². The van der Waals surface area contributed by atoms with Gasteiger partial charge in [0, 0.05) is 25.2 Å². The van der Waals surface area contributed by atoms with Crippen molar-refractivity contribution in [3.05, 3.63) is 46.5 Å². The summed E-state index contributed by atoms with van der Waals surface area (Å²) in [5, 5.41) is 10.8. The molecule has 116 valence electrons. The maximum atomic E-state index is 12.8. The van der Waals surface area contributed by atoms with Gasteiger partial charge < -0.3 is 0 Å². The summed E-state index contributed by atoms with van der Waals surface area (Å²) in [7, 11) is -3.65. The quantitative estimate of drug-likeness (QED) is 0.485. The van der Waals surface area contributed by atoms with Crippen LogP contribution in [0.2, 0.25) is 0 Å². The third-order valence-corrected chi connectivity index (χ3v) is 7.12. The van der Waals surface area contributed by atoms with E-state index in [1.54, 1.807) is 0 Å². The molecule has 2 fully saturated rings. The molecule has 4 atom stereocenters. The zero-order valence-electron chi connectivity index (χ0n) is 11.8. The lowest BCUT2D eigenvalue weighted by atomic mass is 9.86. The van der Waals surface area contributed by atoms with E-state index in [1.807, 2.05) is 0 Å². The molecule has 1 aliphatic heterocycles. The number of nitro groups is 1. The van der Waals surface area contributed by atoms with Gasteiger partial charge in [-0.05, 0) is 36.2 Å². The van der Waals surface area contributed by atoms with E-state index in [1.165, 1.54) is 22.5 Å². The molecule has 1 aromatic rings. The predicted octanol–water partition coefficient (Wildman–Crippen LogP) is 2.04. The monoisotopic (exact) mass is 320 g/mol. The van der Waals surface area contributed by atoms with E-state index in [-0.39, 0.29) is 10.6 Å². The maximum absolute atomic E-state index is 12.8. The Morgan fingerprint density at radius 1 is 1.14 bits per heavy atom. The van der Waals surface area contributed by atoms with Gasteiger partial charge in [-0.3, -0.25) is 10.1 Å². The SMILES string of the molecule is O=[N+]([O-])c1cccc(S(=O)(=O)N2CC3C4C=CC(C4)C3C2)c1. The molecule has 1 saturated heterocycles. The fourth-order valence-electron chi connectivity index (χ4n) is 4.22. The summed E-state index contributed by atoms with van der Waals surface area (Å²) in [5.74, 6) is 1.81. The van der Waals surface area contributed by atoms with E-state index in [0.717, 1.165) is 12.5 Å². The minimum Gasteiger partial charge on any atom is -0.258 e. The second kappa shape index (κ2) is 4.63. The van der Waals surface area contributed by atoms with Gasteiger partial charge >= 0.3 is 0 Å². The molecule has 2 aliphatic carbocycles. The summed E-state index contributed by atoms with van der Waals surface area (Å²) >= 11 is 0. The molecule has 0 N–H and O–H groups in total. The van der Waals surface area contributed by atoms with Gasteiger partial charge in [0.25, 0.3) is 5.69 Å². The van der Waals surface area contributed by atoms with Crippen LogP contribution in [-0.2, 0) is 10.0 Å². The molecule has 3 aliphatic rings. The zero-order chi connectivity index (χ0) is 15.5. The first-order chi connectivity index (χ1) is 10.5. The average Bonchev–Trinajstić information content (AvgIpc) is 3.19. The van der Waals surface area contributed by atoms with Gasteiger partial charge in [-0.25, -0.2) is 8.42 Å². The van der Waals surface area contributed by atoms with Gasteiger partial charge in [-0.2, -0.15) is 4.31 Å². The van der Waals surface area contributed by atoms with Crippen molar-refractivity contribution in [1.82, 2.24) is 4.31 Å². The molecule has 6 nitrogen and oxygen atoms in total. The fourth-order valence-corrected chi connectivity index (χ4v) is 5.77. The van der Waals surface area contributed by atoms with Gasteiger partial charge in [0.2, 0.25) is 10.0 Å².